The van der Waals surface area contributed by atoms with E-state index in [9.17, 15) is 40.9 Å². The van der Waals surface area contributed by atoms with E-state index in [0.29, 0.717) is 0 Å². The van der Waals surface area contributed by atoms with Crippen LogP contribution in [-0.2, 0) is 18.9 Å². The van der Waals surface area contributed by atoms with Crippen LogP contribution in [0.5, 0.6) is 0 Å². The van der Waals surface area contributed by atoms with Gasteiger partial charge in [0, 0.05) is 0 Å². The largest absolute Gasteiger partial charge is 0.394 e. The summed E-state index contributed by atoms with van der Waals surface area (Å²) >= 11 is 0. The smallest absolute Gasteiger partial charge is 0.187 e. The van der Waals surface area contributed by atoms with Crippen LogP contribution in [0.2, 0.25) is 0 Å². The highest BCUT2D eigenvalue weighted by Gasteiger charge is 2.60. The Hall–Kier alpha value is -1.98. The van der Waals surface area contributed by atoms with Crippen LogP contribution in [0.3, 0.4) is 0 Å². The standard InChI is InChI=1S/C21H41N7O12/c1-5-21(36,4-30)16(40-17-9(26-2)13(34)10(31)6(3-29)38-17)18(37-5)39-15-8(28-20(24)25)11(32)7(27-19(22)23)12(33)14(15)35/h5-18,26,29-36H,3-4H2,1-2H3,(H4,22,23,27)(H4,24,25,28)/t5-,6-,7-,8-,9+,10-,11+,12-,13-,14-,15+,16+,17-,18-,21+/m0/s1. The van der Waals surface area contributed by atoms with Crippen molar-refractivity contribution in [3.05, 3.63) is 0 Å². The normalized spacial score (nSPS) is 47.5. The molecule has 0 aromatic rings. The molecule has 19 heteroatoms. The Morgan fingerprint density at radius 1 is 0.825 bits per heavy atom. The summed E-state index contributed by atoms with van der Waals surface area (Å²) in [4.78, 5) is 7.66. The fraction of sp³-hybridized carbons (Fsp3) is 0.905. The van der Waals surface area contributed by atoms with Gasteiger partial charge < -0.3 is 88.1 Å². The van der Waals surface area contributed by atoms with Gasteiger partial charge in [-0.3, -0.25) is 0 Å². The lowest BCUT2D eigenvalue weighted by Gasteiger charge is -2.45. The van der Waals surface area contributed by atoms with Gasteiger partial charge in [0.25, 0.3) is 0 Å². The number of ether oxygens (including phenoxy) is 4. The minimum atomic E-state index is -2.15. The van der Waals surface area contributed by atoms with Crippen molar-refractivity contribution in [2.24, 2.45) is 32.9 Å². The molecule has 0 aromatic carbocycles. The Bertz CT molecular complexity index is 911. The summed E-state index contributed by atoms with van der Waals surface area (Å²) in [6.45, 7) is -0.199. The van der Waals surface area contributed by atoms with Gasteiger partial charge in [0.1, 0.15) is 66.5 Å². The fourth-order valence-electron chi connectivity index (χ4n) is 5.17. The number of nitrogens with zero attached hydrogens (tertiary/aromatic N) is 2. The van der Waals surface area contributed by atoms with E-state index in [1.54, 1.807) is 0 Å². The van der Waals surface area contributed by atoms with Crippen LogP contribution in [0.1, 0.15) is 6.92 Å². The van der Waals surface area contributed by atoms with E-state index in [0.717, 1.165) is 0 Å². The molecule has 3 rings (SSSR count). The molecule has 2 saturated heterocycles. The predicted octanol–water partition coefficient (Wildman–Crippen LogP) is -8.37. The van der Waals surface area contributed by atoms with Gasteiger partial charge in [0.05, 0.1) is 25.4 Å². The maximum atomic E-state index is 11.3. The van der Waals surface area contributed by atoms with Crippen molar-refractivity contribution in [3.8, 4) is 0 Å². The molecule has 0 unspecified atom stereocenters. The zero-order valence-electron chi connectivity index (χ0n) is 21.9. The molecule has 0 spiro atoms. The number of aliphatic hydroxyl groups excluding tert-OH is 7. The SMILES string of the molecule is CN[C@H]1[C@H](O[C@@H]2[C@H](O[C@H]3[C@@H](O)[C@@H](O)[C@@H](N=C(N)N)[C@@H](O)[C@@H]3N=C(N)N)O[C@@H](C)[C@]2(O)CO)O[C@@H](CO)[C@H](O)[C@H]1O. The number of rotatable bonds is 9. The summed E-state index contributed by atoms with van der Waals surface area (Å²) in [5, 5.41) is 87.0. The average Bonchev–Trinajstić information content (AvgIpc) is 3.13. The van der Waals surface area contributed by atoms with E-state index in [1.807, 2.05) is 0 Å². The van der Waals surface area contributed by atoms with E-state index in [2.05, 4.69) is 15.3 Å². The number of aliphatic hydroxyl groups is 8. The molecule has 3 fully saturated rings. The summed E-state index contributed by atoms with van der Waals surface area (Å²) in [5.74, 6) is -1.01. The van der Waals surface area contributed by atoms with E-state index in [4.69, 9.17) is 41.9 Å². The second kappa shape index (κ2) is 12.9. The first-order chi connectivity index (χ1) is 18.7. The minimum absolute atomic E-state index is 0.493. The first-order valence-electron chi connectivity index (χ1n) is 12.5. The van der Waals surface area contributed by atoms with E-state index in [1.165, 1.54) is 14.0 Å². The molecule has 19 nitrogen and oxygen atoms in total. The molecule has 0 radical (unpaired) electrons. The summed E-state index contributed by atoms with van der Waals surface area (Å²) in [7, 11) is 1.44. The van der Waals surface area contributed by atoms with Gasteiger partial charge in [-0.2, -0.15) is 0 Å². The molecule has 2 aliphatic heterocycles. The topological polar surface area (TPSA) is 340 Å². The maximum Gasteiger partial charge on any atom is 0.187 e. The average molecular weight is 584 g/mol. The van der Waals surface area contributed by atoms with E-state index in [-0.39, 0.29) is 0 Å². The molecule has 0 amide bonds. The summed E-state index contributed by atoms with van der Waals surface area (Å²) < 4.78 is 23.2. The lowest BCUT2D eigenvalue weighted by atomic mass is 9.81. The molecule has 40 heavy (non-hydrogen) atoms. The number of guanidine groups is 2. The fourth-order valence-corrected chi connectivity index (χ4v) is 5.17. The molecule has 0 bridgehead atoms. The third-order valence-corrected chi connectivity index (χ3v) is 7.49. The first kappa shape index (κ1) is 32.5. The maximum absolute atomic E-state index is 11.3. The van der Waals surface area contributed by atoms with E-state index >= 15 is 0 Å². The number of hydrogen-bond donors (Lipinski definition) is 13. The summed E-state index contributed by atoms with van der Waals surface area (Å²) in [6, 6.07) is -4.00. The molecule has 15 atom stereocenters. The molecule has 1 saturated carbocycles. The van der Waals surface area contributed by atoms with Crippen molar-refractivity contribution in [1.29, 1.82) is 0 Å². The third-order valence-electron chi connectivity index (χ3n) is 7.49. The van der Waals surface area contributed by atoms with Crippen molar-refractivity contribution >= 4 is 11.9 Å². The van der Waals surface area contributed by atoms with Gasteiger partial charge in [0.2, 0.25) is 0 Å². The van der Waals surface area contributed by atoms with Crippen LogP contribution in [0, 0.1) is 0 Å². The van der Waals surface area contributed by atoms with Crippen LogP contribution < -0.4 is 28.3 Å². The molecule has 17 N–H and O–H groups in total. The number of nitrogens with two attached hydrogens (primary N) is 4. The van der Waals surface area contributed by atoms with E-state index < -0.39 is 116 Å². The van der Waals surface area contributed by atoms with Gasteiger partial charge in [-0.05, 0) is 14.0 Å². The predicted molar refractivity (Wildman–Crippen MR) is 134 cm³/mol. The van der Waals surface area contributed by atoms with Crippen molar-refractivity contribution in [3.63, 3.8) is 0 Å². The Balaban J connectivity index is 1.96. The molecule has 232 valence electrons. The van der Waals surface area contributed by atoms with Gasteiger partial charge in [-0.15, -0.1) is 0 Å². The second-order valence-electron chi connectivity index (χ2n) is 10.0. The Labute approximate surface area is 229 Å². The quantitative estimate of drug-likeness (QED) is 0.0884. The van der Waals surface area contributed by atoms with Gasteiger partial charge in [-0.1, -0.05) is 0 Å². The summed E-state index contributed by atoms with van der Waals surface area (Å²) in [5.41, 5.74) is 19.7. The van der Waals surface area contributed by atoms with Gasteiger partial charge in [0.15, 0.2) is 24.5 Å². The van der Waals surface area contributed by atoms with Crippen molar-refractivity contribution in [1.82, 2.24) is 5.32 Å². The monoisotopic (exact) mass is 583 g/mol. The highest BCUT2D eigenvalue weighted by atomic mass is 16.8. The van der Waals surface area contributed by atoms with Crippen LogP contribution in [-0.4, -0.2) is 164 Å². The number of aliphatic imine (C=N–C) groups is 2. The molecular formula is C21H41N7O12. The zero-order valence-corrected chi connectivity index (χ0v) is 21.9. The van der Waals surface area contributed by atoms with Crippen LogP contribution in [0.25, 0.3) is 0 Å². The zero-order chi connectivity index (χ0) is 30.1. The highest BCUT2D eigenvalue weighted by Crippen LogP contribution is 2.39. The molecule has 0 aromatic heterocycles. The Morgan fingerprint density at radius 3 is 1.95 bits per heavy atom. The first-order valence-corrected chi connectivity index (χ1v) is 12.5. The van der Waals surface area contributed by atoms with Crippen LogP contribution in [0.15, 0.2) is 9.98 Å². The summed E-state index contributed by atoms with van der Waals surface area (Å²) in [6.07, 6.45) is -16.9. The van der Waals surface area contributed by atoms with Gasteiger partial charge in [-0.25, -0.2) is 9.98 Å². The second-order valence-corrected chi connectivity index (χ2v) is 10.0. The third kappa shape index (κ3) is 6.11. The van der Waals surface area contributed by atoms with Crippen molar-refractivity contribution in [2.75, 3.05) is 20.3 Å². The number of likely N-dealkylation sites (N-methyl/N-ethyl adjacent to an activating group) is 1. The Kier molecular flexibility index (Phi) is 10.5. The molecule has 1 aliphatic carbocycles. The molecular weight excluding hydrogens is 542 g/mol. The highest BCUT2D eigenvalue weighted by molar-refractivity contribution is 5.76. The minimum Gasteiger partial charge on any atom is -0.394 e. The van der Waals surface area contributed by atoms with Crippen molar-refractivity contribution < 1.29 is 59.8 Å². The Morgan fingerprint density at radius 2 is 1.43 bits per heavy atom. The van der Waals surface area contributed by atoms with Crippen LogP contribution in [0.4, 0.5) is 0 Å². The molecule has 3 aliphatic rings. The van der Waals surface area contributed by atoms with Crippen molar-refractivity contribution in [2.45, 2.75) is 98.2 Å². The molecule has 2 heterocycles. The van der Waals surface area contributed by atoms with Crippen LogP contribution >= 0.6 is 0 Å². The number of nitrogens with one attached hydrogen (secondary N) is 1. The lowest BCUT2D eigenvalue weighted by Crippen LogP contribution is -2.66. The lowest BCUT2D eigenvalue weighted by molar-refractivity contribution is -0.317. The van der Waals surface area contributed by atoms with Gasteiger partial charge >= 0.3 is 0 Å². The number of hydrogen-bond acceptors (Lipinski definition) is 15.